The quantitative estimate of drug-likeness (QED) is 0.223. The number of hydrogen-bond acceptors (Lipinski definition) is 6. The van der Waals surface area contributed by atoms with Crippen molar-refractivity contribution in [1.82, 2.24) is 24.4 Å². The van der Waals surface area contributed by atoms with Crippen LogP contribution in [0.2, 0.25) is 5.02 Å². The van der Waals surface area contributed by atoms with Crippen LogP contribution in [0.15, 0.2) is 72.0 Å². The lowest BCUT2D eigenvalue weighted by Gasteiger charge is -2.30. The van der Waals surface area contributed by atoms with Crippen molar-refractivity contribution >= 4 is 38.4 Å². The van der Waals surface area contributed by atoms with Gasteiger partial charge in [-0.05, 0) is 81.7 Å². The fourth-order valence-corrected chi connectivity index (χ4v) is 7.06. The largest absolute Gasteiger partial charge is 0.395 e. The summed E-state index contributed by atoms with van der Waals surface area (Å²) in [5, 5.41) is 7.84. The molecule has 0 spiro atoms. The summed E-state index contributed by atoms with van der Waals surface area (Å²) in [6, 6.07) is 13.2. The van der Waals surface area contributed by atoms with Gasteiger partial charge in [-0.2, -0.15) is 30.8 Å². The van der Waals surface area contributed by atoms with Crippen LogP contribution < -0.4 is 5.32 Å². The van der Waals surface area contributed by atoms with Crippen LogP contribution in [-0.4, -0.2) is 66.3 Å². The lowest BCUT2D eigenvalue weighted by molar-refractivity contribution is -0.194. The van der Waals surface area contributed by atoms with Crippen molar-refractivity contribution in [3.8, 4) is 0 Å². The predicted octanol–water partition coefficient (Wildman–Crippen LogP) is 5.74. The fraction of sp³-hybridized carbons (Fsp3) is 0.387. The molecule has 1 aliphatic rings. The summed E-state index contributed by atoms with van der Waals surface area (Å²) in [7, 11) is -0.182. The van der Waals surface area contributed by atoms with E-state index in [9.17, 15) is 26.4 Å². The number of fused-ring (bicyclic) bond motifs is 1. The molecule has 0 unspecified atom stereocenters. The Hall–Kier alpha value is -3.48. The predicted molar refractivity (Wildman–Crippen MR) is 162 cm³/mol. The van der Waals surface area contributed by atoms with Crippen LogP contribution in [0.1, 0.15) is 41.9 Å². The monoisotopic (exact) mass is 647 g/mol. The number of halogens is 4. The second-order valence-electron chi connectivity index (χ2n) is 11.7. The second kappa shape index (κ2) is 12.1. The van der Waals surface area contributed by atoms with Gasteiger partial charge in [-0.3, -0.25) is 9.78 Å². The summed E-state index contributed by atoms with van der Waals surface area (Å²) in [4.78, 5) is 19.1. The molecule has 1 amide bonds. The minimum Gasteiger partial charge on any atom is -0.355 e. The van der Waals surface area contributed by atoms with Crippen LogP contribution >= 0.6 is 11.6 Å². The van der Waals surface area contributed by atoms with Crippen LogP contribution in [-0.2, 0) is 21.2 Å². The third kappa shape index (κ3) is 6.47. The smallest absolute Gasteiger partial charge is 0.355 e. The lowest BCUT2D eigenvalue weighted by Crippen LogP contribution is -2.42. The van der Waals surface area contributed by atoms with Crippen molar-refractivity contribution in [3.05, 3.63) is 88.8 Å². The summed E-state index contributed by atoms with van der Waals surface area (Å²) in [5.74, 6) is -1.59. The number of carbonyl (C=O) groups excluding carboxylic acids is 1. The Morgan fingerprint density at radius 3 is 2.41 bits per heavy atom. The minimum atomic E-state index is -4.46. The summed E-state index contributed by atoms with van der Waals surface area (Å²) in [5.41, 5.74) is 0.588. The van der Waals surface area contributed by atoms with Gasteiger partial charge in [0.05, 0.1) is 27.0 Å². The number of carbonyl (C=O) groups is 1. The van der Waals surface area contributed by atoms with E-state index in [4.69, 9.17) is 11.6 Å². The number of hydrogen-bond donors (Lipinski definition) is 1. The van der Waals surface area contributed by atoms with Gasteiger partial charge in [0.15, 0.2) is 0 Å². The second-order valence-corrected chi connectivity index (χ2v) is 13.9. The van der Waals surface area contributed by atoms with Crippen LogP contribution in [0.3, 0.4) is 0 Å². The van der Waals surface area contributed by atoms with Crippen molar-refractivity contribution in [2.24, 2.45) is 5.41 Å². The highest BCUT2D eigenvalue weighted by atomic mass is 35.5. The third-order valence-electron chi connectivity index (χ3n) is 8.42. The van der Waals surface area contributed by atoms with Gasteiger partial charge >= 0.3 is 6.18 Å². The van der Waals surface area contributed by atoms with Gasteiger partial charge in [-0.15, -0.1) is 0 Å². The Labute approximate surface area is 259 Å². The number of aryl methyl sites for hydroxylation is 1. The zero-order chi connectivity index (χ0) is 31.9. The number of amides is 1. The van der Waals surface area contributed by atoms with Gasteiger partial charge in [-0.1, -0.05) is 35.4 Å². The molecule has 1 N–H and O–H groups in total. The fourth-order valence-electron chi connectivity index (χ4n) is 5.60. The third-order valence-corrected chi connectivity index (χ3v) is 10.2. The Balaban J connectivity index is 1.29. The first-order valence-electron chi connectivity index (χ1n) is 14.1. The average molecular weight is 648 g/mol. The van der Waals surface area contributed by atoms with E-state index in [2.05, 4.69) is 15.4 Å². The van der Waals surface area contributed by atoms with Crippen LogP contribution in [0.4, 0.5) is 13.2 Å². The van der Waals surface area contributed by atoms with Crippen molar-refractivity contribution in [1.29, 1.82) is 0 Å². The molecule has 1 saturated carbocycles. The molecule has 5 rings (SSSR count). The molecule has 0 saturated heterocycles. The number of aromatic nitrogens is 3. The summed E-state index contributed by atoms with van der Waals surface area (Å²) < 4.78 is 69.7. The van der Waals surface area contributed by atoms with Gasteiger partial charge in [0.25, 0.3) is 10.0 Å². The molecule has 4 aromatic rings. The maximum Gasteiger partial charge on any atom is 0.395 e. The first-order chi connectivity index (χ1) is 20.7. The van der Waals surface area contributed by atoms with Crippen LogP contribution in [0, 0.1) is 12.3 Å². The highest BCUT2D eigenvalue weighted by molar-refractivity contribution is 7.90. The maximum absolute atomic E-state index is 14.1. The van der Waals surface area contributed by atoms with E-state index in [1.54, 1.807) is 30.3 Å². The highest BCUT2D eigenvalue weighted by Crippen LogP contribution is 2.66. The molecule has 1 fully saturated rings. The number of nitrogens with one attached hydrogen (secondary N) is 1. The highest BCUT2D eigenvalue weighted by Gasteiger charge is 2.67. The van der Waals surface area contributed by atoms with Gasteiger partial charge in [0.1, 0.15) is 0 Å². The van der Waals surface area contributed by atoms with Crippen LogP contribution in [0.5, 0.6) is 0 Å². The van der Waals surface area contributed by atoms with E-state index >= 15 is 0 Å². The van der Waals surface area contributed by atoms with Crippen molar-refractivity contribution in [2.75, 3.05) is 20.6 Å². The van der Waals surface area contributed by atoms with E-state index in [0.29, 0.717) is 22.9 Å². The Kier molecular flexibility index (Phi) is 8.80. The summed E-state index contributed by atoms with van der Waals surface area (Å²) in [6.45, 7) is 2.07. The maximum atomic E-state index is 14.1. The molecule has 2 atom stereocenters. The van der Waals surface area contributed by atoms with E-state index in [0.717, 1.165) is 15.2 Å². The van der Waals surface area contributed by atoms with E-state index in [1.165, 1.54) is 24.7 Å². The Morgan fingerprint density at radius 2 is 1.80 bits per heavy atom. The van der Waals surface area contributed by atoms with E-state index in [-0.39, 0.29) is 41.8 Å². The molecule has 2 heterocycles. The van der Waals surface area contributed by atoms with Crippen molar-refractivity contribution in [2.45, 2.75) is 55.6 Å². The molecular formula is C31H33ClF3N5O3S. The summed E-state index contributed by atoms with van der Waals surface area (Å²) in [6.07, 6.45) is -0.214. The number of likely N-dealkylation sites (N-methyl/N-ethyl adjacent to an activating group) is 1. The van der Waals surface area contributed by atoms with E-state index < -0.39 is 33.4 Å². The first kappa shape index (κ1) is 31.9. The average Bonchev–Trinajstić information content (AvgIpc) is 3.67. The molecule has 0 aliphatic heterocycles. The van der Waals surface area contributed by atoms with E-state index in [1.807, 2.05) is 38.1 Å². The number of nitrogens with zero attached hydrogens (tertiary/aromatic N) is 4. The molecular weight excluding hydrogens is 615 g/mol. The molecule has 2 aromatic heterocycles. The molecule has 234 valence electrons. The SMILES string of the molecule is Cc1ccc(S(=O)(=O)n2ncc3cc(C[C@@H](CNC(=O)C[C@H](c4cncc(Cl)c4)C4(C(F)(F)F)CC4)N(C)C)ccc32)cc1. The molecule has 13 heteroatoms. The number of rotatable bonds is 11. The zero-order valence-corrected chi connectivity index (χ0v) is 26.0. The molecule has 2 aromatic carbocycles. The molecule has 8 nitrogen and oxygen atoms in total. The normalized spacial score (nSPS) is 16.2. The van der Waals surface area contributed by atoms with Gasteiger partial charge in [-0.25, -0.2) is 0 Å². The summed E-state index contributed by atoms with van der Waals surface area (Å²) >= 11 is 6.03. The first-order valence-corrected chi connectivity index (χ1v) is 15.9. The molecule has 1 aliphatic carbocycles. The van der Waals surface area contributed by atoms with Gasteiger partial charge < -0.3 is 10.2 Å². The Morgan fingerprint density at radius 1 is 1.09 bits per heavy atom. The van der Waals surface area contributed by atoms with Crippen molar-refractivity contribution < 1.29 is 26.4 Å². The van der Waals surface area contributed by atoms with Gasteiger partial charge in [0, 0.05) is 42.7 Å². The molecule has 0 bridgehead atoms. The Bertz CT molecular complexity index is 1770. The number of alkyl halides is 3. The topological polar surface area (TPSA) is 97.2 Å². The number of benzene rings is 2. The van der Waals surface area contributed by atoms with Crippen LogP contribution in [0.25, 0.3) is 10.9 Å². The zero-order valence-electron chi connectivity index (χ0n) is 24.5. The standard InChI is InChI=1S/C31H33ClF3N5O3S/c1-20-4-7-26(8-5-20)44(42,43)40-28-9-6-21(12-23(28)17-38-40)13-25(39(2)3)19-37-29(41)15-27(22-14-24(32)18-36-16-22)30(10-11-30)31(33,34)35/h4-9,12,14,16-18,25,27H,10-11,13,15,19H2,1-3H3,(H,37,41)/t25-,27+/m0/s1. The minimum absolute atomic E-state index is 0.0489. The lowest BCUT2D eigenvalue weighted by atomic mass is 9.80. The molecule has 0 radical (unpaired) electrons. The van der Waals surface area contributed by atoms with Crippen molar-refractivity contribution in [3.63, 3.8) is 0 Å². The van der Waals surface area contributed by atoms with Gasteiger partial charge in [0.2, 0.25) is 5.91 Å². The molecule has 44 heavy (non-hydrogen) atoms. The number of pyridine rings is 1.